The average molecular weight is 221 g/mol. The average Bonchev–Trinajstić information content (AvgIpc) is 2.29. The fourth-order valence-electron chi connectivity index (χ4n) is 1.16. The van der Waals surface area contributed by atoms with Crippen molar-refractivity contribution in [1.29, 1.82) is 0 Å². The van der Waals surface area contributed by atoms with Crippen LogP contribution in [0.1, 0.15) is 12.5 Å². The lowest BCUT2D eigenvalue weighted by molar-refractivity contribution is -0.117. The molecule has 0 saturated heterocycles. The predicted octanol–water partition coefficient (Wildman–Crippen LogP) is 1.74. The molecule has 1 rings (SSSR count). The van der Waals surface area contributed by atoms with Crippen LogP contribution >= 0.6 is 0 Å². The van der Waals surface area contributed by atoms with Crippen LogP contribution in [-0.4, -0.2) is 19.8 Å². The Bertz CT molecular complexity index is 360. The van der Waals surface area contributed by atoms with E-state index in [0.29, 0.717) is 5.70 Å². The number of rotatable bonds is 5. The van der Waals surface area contributed by atoms with Gasteiger partial charge < -0.3 is 14.8 Å². The number of amides is 1. The maximum absolute atomic E-state index is 11.0. The minimum atomic E-state index is -0.142. The Labute approximate surface area is 94.9 Å². The van der Waals surface area contributed by atoms with Crippen LogP contribution in [0.4, 0.5) is 0 Å². The number of ether oxygens (including phenoxy) is 2. The molecule has 0 radical (unpaired) electrons. The highest BCUT2D eigenvalue weighted by molar-refractivity contribution is 5.84. The third kappa shape index (κ3) is 4.14. The summed E-state index contributed by atoms with van der Waals surface area (Å²) in [5.41, 5.74) is 1.50. The van der Waals surface area contributed by atoms with Crippen molar-refractivity contribution in [1.82, 2.24) is 5.32 Å². The quantitative estimate of drug-likeness (QED) is 0.468. The molecule has 0 heterocycles. The smallest absolute Gasteiger partial charge is 0.221 e. The second-order valence-electron chi connectivity index (χ2n) is 3.15. The van der Waals surface area contributed by atoms with Gasteiger partial charge in [0.05, 0.1) is 5.70 Å². The van der Waals surface area contributed by atoms with Crippen molar-refractivity contribution in [2.75, 3.05) is 13.9 Å². The summed E-state index contributed by atoms with van der Waals surface area (Å²) in [6.45, 7) is 1.60. The van der Waals surface area contributed by atoms with E-state index in [0.717, 1.165) is 5.56 Å². The zero-order valence-corrected chi connectivity index (χ0v) is 9.40. The van der Waals surface area contributed by atoms with Gasteiger partial charge in [-0.1, -0.05) is 30.3 Å². The van der Waals surface area contributed by atoms with Crippen LogP contribution in [0.15, 0.2) is 36.6 Å². The standard InChI is InChI=1S/C12H15NO3/c1-10(14)13-12(8-16-9-15-2)11-6-4-3-5-7-11/h3-8H,9H2,1-2H3,(H,13,14). The summed E-state index contributed by atoms with van der Waals surface area (Å²) in [6, 6.07) is 9.46. The van der Waals surface area contributed by atoms with Crippen LogP contribution in [-0.2, 0) is 14.3 Å². The van der Waals surface area contributed by atoms with Crippen molar-refractivity contribution in [2.45, 2.75) is 6.92 Å². The Morgan fingerprint density at radius 3 is 2.62 bits per heavy atom. The van der Waals surface area contributed by atoms with Gasteiger partial charge in [-0.15, -0.1) is 0 Å². The number of nitrogens with one attached hydrogen (secondary N) is 1. The molecule has 1 aromatic carbocycles. The summed E-state index contributed by atoms with van der Waals surface area (Å²) in [5, 5.41) is 2.70. The number of carbonyl (C=O) groups excluding carboxylic acids is 1. The molecule has 0 saturated carbocycles. The Kier molecular flexibility index (Phi) is 5.08. The normalized spacial score (nSPS) is 11.0. The molecule has 0 unspecified atom stereocenters. The van der Waals surface area contributed by atoms with Gasteiger partial charge in [-0.2, -0.15) is 0 Å². The van der Waals surface area contributed by atoms with Gasteiger partial charge in [0.15, 0.2) is 6.79 Å². The molecule has 0 spiro atoms. The first-order valence-corrected chi connectivity index (χ1v) is 4.87. The van der Waals surface area contributed by atoms with Crippen molar-refractivity contribution < 1.29 is 14.3 Å². The van der Waals surface area contributed by atoms with Crippen molar-refractivity contribution in [3.8, 4) is 0 Å². The Morgan fingerprint density at radius 2 is 2.06 bits per heavy atom. The van der Waals surface area contributed by atoms with Crippen molar-refractivity contribution in [3.63, 3.8) is 0 Å². The maximum Gasteiger partial charge on any atom is 0.221 e. The second kappa shape index (κ2) is 6.63. The summed E-state index contributed by atoms with van der Waals surface area (Å²) in [4.78, 5) is 11.0. The predicted molar refractivity (Wildman–Crippen MR) is 61.2 cm³/mol. The van der Waals surface area contributed by atoms with E-state index in [9.17, 15) is 4.79 Å². The summed E-state index contributed by atoms with van der Waals surface area (Å²) < 4.78 is 9.85. The van der Waals surface area contributed by atoms with Crippen LogP contribution in [0.5, 0.6) is 0 Å². The number of carbonyl (C=O) groups is 1. The Morgan fingerprint density at radius 1 is 1.38 bits per heavy atom. The van der Waals surface area contributed by atoms with Gasteiger partial charge in [0, 0.05) is 19.6 Å². The molecule has 1 N–H and O–H groups in total. The Hall–Kier alpha value is -1.81. The number of benzene rings is 1. The van der Waals surface area contributed by atoms with E-state index in [1.807, 2.05) is 30.3 Å². The highest BCUT2D eigenvalue weighted by atomic mass is 16.7. The van der Waals surface area contributed by atoms with Crippen molar-refractivity contribution >= 4 is 11.6 Å². The van der Waals surface area contributed by atoms with Crippen LogP contribution in [0, 0.1) is 0 Å². The first-order valence-electron chi connectivity index (χ1n) is 4.87. The van der Waals surface area contributed by atoms with Gasteiger partial charge in [0.2, 0.25) is 5.91 Å². The first-order chi connectivity index (χ1) is 7.74. The van der Waals surface area contributed by atoms with Crippen LogP contribution in [0.25, 0.3) is 5.70 Å². The molecular formula is C12H15NO3. The second-order valence-corrected chi connectivity index (χ2v) is 3.15. The van der Waals surface area contributed by atoms with E-state index in [4.69, 9.17) is 9.47 Å². The van der Waals surface area contributed by atoms with Gasteiger partial charge in [0.25, 0.3) is 0 Å². The van der Waals surface area contributed by atoms with Crippen LogP contribution in [0.3, 0.4) is 0 Å². The zero-order valence-electron chi connectivity index (χ0n) is 9.40. The lowest BCUT2D eigenvalue weighted by atomic mass is 10.2. The molecule has 0 aliphatic carbocycles. The SMILES string of the molecule is COCOC=C(NC(C)=O)c1ccccc1. The lowest BCUT2D eigenvalue weighted by Crippen LogP contribution is -2.18. The highest BCUT2D eigenvalue weighted by Crippen LogP contribution is 2.10. The minimum absolute atomic E-state index is 0.142. The monoisotopic (exact) mass is 221 g/mol. The zero-order chi connectivity index (χ0) is 11.8. The number of hydrogen-bond acceptors (Lipinski definition) is 3. The third-order valence-electron chi connectivity index (χ3n) is 1.78. The summed E-state index contributed by atoms with van der Waals surface area (Å²) >= 11 is 0. The summed E-state index contributed by atoms with van der Waals surface area (Å²) in [7, 11) is 1.54. The molecule has 0 bridgehead atoms. The largest absolute Gasteiger partial charge is 0.473 e. The maximum atomic E-state index is 11.0. The third-order valence-corrected chi connectivity index (χ3v) is 1.78. The van der Waals surface area contributed by atoms with Crippen molar-refractivity contribution in [3.05, 3.63) is 42.2 Å². The van der Waals surface area contributed by atoms with Gasteiger partial charge in [-0.05, 0) is 0 Å². The van der Waals surface area contributed by atoms with Gasteiger partial charge in [-0.25, -0.2) is 0 Å². The summed E-state index contributed by atoms with van der Waals surface area (Å²) in [5.74, 6) is -0.142. The van der Waals surface area contributed by atoms with E-state index >= 15 is 0 Å². The molecule has 1 aromatic rings. The molecule has 86 valence electrons. The van der Waals surface area contributed by atoms with Crippen LogP contribution in [0.2, 0.25) is 0 Å². The molecule has 4 heteroatoms. The molecule has 4 nitrogen and oxygen atoms in total. The van der Waals surface area contributed by atoms with Crippen LogP contribution < -0.4 is 5.32 Å². The molecule has 0 aliphatic heterocycles. The molecular weight excluding hydrogens is 206 g/mol. The van der Waals surface area contributed by atoms with Crippen molar-refractivity contribution in [2.24, 2.45) is 0 Å². The van der Waals surface area contributed by atoms with E-state index in [2.05, 4.69) is 5.32 Å². The first kappa shape index (κ1) is 12.3. The van der Waals surface area contributed by atoms with E-state index in [-0.39, 0.29) is 12.7 Å². The lowest BCUT2D eigenvalue weighted by Gasteiger charge is -2.08. The minimum Gasteiger partial charge on any atom is -0.473 e. The molecule has 0 fully saturated rings. The molecule has 1 amide bonds. The van der Waals surface area contributed by atoms with E-state index < -0.39 is 0 Å². The van der Waals surface area contributed by atoms with Gasteiger partial charge >= 0.3 is 0 Å². The van der Waals surface area contributed by atoms with E-state index in [1.54, 1.807) is 0 Å². The molecule has 16 heavy (non-hydrogen) atoms. The van der Waals surface area contributed by atoms with Gasteiger partial charge in [0.1, 0.15) is 6.26 Å². The fourth-order valence-corrected chi connectivity index (χ4v) is 1.16. The molecule has 0 atom stereocenters. The highest BCUT2D eigenvalue weighted by Gasteiger charge is 2.02. The van der Waals surface area contributed by atoms with Gasteiger partial charge in [-0.3, -0.25) is 4.79 Å². The topological polar surface area (TPSA) is 47.6 Å². The van der Waals surface area contributed by atoms with E-state index in [1.165, 1.54) is 20.3 Å². The fraction of sp³-hybridized carbons (Fsp3) is 0.250. The summed E-state index contributed by atoms with van der Waals surface area (Å²) in [6.07, 6.45) is 1.47. The molecule has 0 aliphatic rings. The number of hydrogen-bond donors (Lipinski definition) is 1. The molecule has 0 aromatic heterocycles. The Balaban J connectivity index is 2.79. The number of methoxy groups -OCH3 is 1.